The standard InChI is InChI=1S/C27H35NO5S/c1-17(2)15-28-27(29)26-25-20-11-10-19(14-20)24(25)23(34(26,30)31)8-6-4-3-5-7-18-9-12-21-22(13-18)33-16-32-21/h5,7,9-13,17,19-20,23-26H,3-4,6,8,14-16H2,1-2H3,(H,28,29)/b7-5+/t19?,20?,23-,24?,25?,26-/m1/s1. The Morgan fingerprint density at radius 1 is 1.12 bits per heavy atom. The number of hydrogen-bond acceptors (Lipinski definition) is 5. The number of rotatable bonds is 9. The Hall–Kier alpha value is -2.28. The monoisotopic (exact) mass is 485 g/mol. The highest BCUT2D eigenvalue weighted by atomic mass is 32.2. The van der Waals surface area contributed by atoms with Crippen LogP contribution in [0.25, 0.3) is 6.08 Å². The Balaban J connectivity index is 1.19. The third-order valence-corrected chi connectivity index (χ3v) is 10.5. The summed E-state index contributed by atoms with van der Waals surface area (Å²) in [7, 11) is -3.50. The van der Waals surface area contributed by atoms with Crippen molar-refractivity contribution in [3.8, 4) is 11.5 Å². The molecule has 0 radical (unpaired) electrons. The summed E-state index contributed by atoms with van der Waals surface area (Å²) in [6, 6.07) is 5.89. The Morgan fingerprint density at radius 2 is 1.88 bits per heavy atom. The predicted octanol–water partition coefficient (Wildman–Crippen LogP) is 4.37. The van der Waals surface area contributed by atoms with E-state index in [1.807, 2.05) is 32.0 Å². The lowest BCUT2D eigenvalue weighted by Crippen LogP contribution is -2.44. The molecule has 2 aliphatic heterocycles. The molecule has 1 amide bonds. The van der Waals surface area contributed by atoms with Crippen LogP contribution in [0, 0.1) is 29.6 Å². The van der Waals surface area contributed by atoms with Crippen LogP contribution in [-0.4, -0.2) is 38.2 Å². The van der Waals surface area contributed by atoms with Crippen LogP contribution < -0.4 is 14.8 Å². The van der Waals surface area contributed by atoms with E-state index in [1.165, 1.54) is 0 Å². The number of benzene rings is 1. The molecule has 1 aromatic carbocycles. The number of carbonyl (C=O) groups excluding carboxylic acids is 1. The van der Waals surface area contributed by atoms with Gasteiger partial charge in [-0.2, -0.15) is 0 Å². The first-order valence-corrected chi connectivity index (χ1v) is 14.2. The van der Waals surface area contributed by atoms with Crippen LogP contribution in [0.2, 0.25) is 0 Å². The quantitative estimate of drug-likeness (QED) is 0.415. The molecular formula is C27H35NO5S. The summed E-state index contributed by atoms with van der Waals surface area (Å²) < 4.78 is 37.9. The molecule has 1 saturated heterocycles. The van der Waals surface area contributed by atoms with E-state index >= 15 is 0 Å². The maximum absolute atomic E-state index is 13.6. The van der Waals surface area contributed by atoms with E-state index in [2.05, 4.69) is 29.6 Å². The van der Waals surface area contributed by atoms with Crippen molar-refractivity contribution in [1.82, 2.24) is 5.32 Å². The van der Waals surface area contributed by atoms with Crippen LogP contribution >= 0.6 is 0 Å². The van der Waals surface area contributed by atoms with Gasteiger partial charge in [0.15, 0.2) is 21.3 Å². The molecule has 2 aliphatic carbocycles. The van der Waals surface area contributed by atoms with Crippen molar-refractivity contribution >= 4 is 21.8 Å². The van der Waals surface area contributed by atoms with Gasteiger partial charge in [0.05, 0.1) is 5.25 Å². The number of amides is 1. The van der Waals surface area contributed by atoms with Crippen molar-refractivity contribution in [2.45, 2.75) is 56.5 Å². The maximum Gasteiger partial charge on any atom is 0.238 e. The topological polar surface area (TPSA) is 81.7 Å². The highest BCUT2D eigenvalue weighted by Crippen LogP contribution is 2.58. The molecule has 5 rings (SSSR count). The Bertz CT molecular complexity index is 1090. The Morgan fingerprint density at radius 3 is 2.68 bits per heavy atom. The normalized spacial score (nSPS) is 32.1. The first-order chi connectivity index (χ1) is 16.4. The summed E-state index contributed by atoms with van der Waals surface area (Å²) in [5.41, 5.74) is 1.06. The molecule has 4 unspecified atom stereocenters. The SMILES string of the molecule is CC(C)CNC(=O)[C@H]1C2C3C=CC(C3)C2[C@@H](CCCC/C=C/c2ccc3c(c2)OCO3)S1(=O)=O. The zero-order valence-electron chi connectivity index (χ0n) is 20.0. The highest BCUT2D eigenvalue weighted by molar-refractivity contribution is 7.93. The van der Waals surface area contributed by atoms with E-state index in [-0.39, 0.29) is 30.5 Å². The lowest BCUT2D eigenvalue weighted by Gasteiger charge is -2.25. The molecule has 1 aromatic rings. The number of nitrogens with one attached hydrogen (secondary N) is 1. The average molecular weight is 486 g/mol. The molecule has 1 N–H and O–H groups in total. The minimum Gasteiger partial charge on any atom is -0.454 e. The van der Waals surface area contributed by atoms with Crippen LogP contribution in [0.1, 0.15) is 51.5 Å². The third kappa shape index (κ3) is 4.28. The van der Waals surface area contributed by atoms with Crippen molar-refractivity contribution < 1.29 is 22.7 Å². The van der Waals surface area contributed by atoms with Gasteiger partial charge in [0.1, 0.15) is 5.25 Å². The van der Waals surface area contributed by atoms with Gasteiger partial charge in [-0.3, -0.25) is 4.79 Å². The largest absolute Gasteiger partial charge is 0.454 e. The van der Waals surface area contributed by atoms with Gasteiger partial charge in [0, 0.05) is 6.54 Å². The second-order valence-corrected chi connectivity index (χ2v) is 12.9. The van der Waals surface area contributed by atoms with Gasteiger partial charge in [-0.15, -0.1) is 0 Å². The number of allylic oxidation sites excluding steroid dienone is 3. The number of hydrogen-bond donors (Lipinski definition) is 1. The molecule has 0 spiro atoms. The van der Waals surface area contributed by atoms with Crippen LogP contribution in [0.4, 0.5) is 0 Å². The maximum atomic E-state index is 13.6. The van der Waals surface area contributed by atoms with Gasteiger partial charge in [0.25, 0.3) is 0 Å². The van der Waals surface area contributed by atoms with Crippen LogP contribution in [0.3, 0.4) is 0 Å². The fourth-order valence-corrected chi connectivity index (χ4v) is 9.30. The van der Waals surface area contributed by atoms with Gasteiger partial charge in [-0.05, 0) is 73.0 Å². The third-order valence-electron chi connectivity index (χ3n) is 7.90. The molecule has 34 heavy (non-hydrogen) atoms. The molecule has 6 nitrogen and oxygen atoms in total. The second kappa shape index (κ2) is 9.40. The molecule has 6 atom stereocenters. The van der Waals surface area contributed by atoms with Crippen molar-refractivity contribution in [3.05, 3.63) is 42.0 Å². The fourth-order valence-electron chi connectivity index (χ4n) is 6.40. The summed E-state index contributed by atoms with van der Waals surface area (Å²) in [5.74, 6) is 2.15. The number of unbranched alkanes of at least 4 members (excludes halogenated alkanes) is 2. The van der Waals surface area contributed by atoms with Crippen molar-refractivity contribution in [1.29, 1.82) is 0 Å². The van der Waals surface area contributed by atoms with E-state index in [1.54, 1.807) is 0 Å². The lowest BCUT2D eigenvalue weighted by molar-refractivity contribution is -0.121. The Labute approximate surface area is 202 Å². The van der Waals surface area contributed by atoms with E-state index < -0.39 is 20.3 Å². The van der Waals surface area contributed by atoms with E-state index in [0.29, 0.717) is 24.8 Å². The van der Waals surface area contributed by atoms with E-state index in [9.17, 15) is 13.2 Å². The van der Waals surface area contributed by atoms with Crippen molar-refractivity contribution in [2.24, 2.45) is 29.6 Å². The molecule has 1 saturated carbocycles. The van der Waals surface area contributed by atoms with Crippen molar-refractivity contribution in [3.63, 3.8) is 0 Å². The summed E-state index contributed by atoms with van der Waals surface area (Å²) in [6.45, 7) is 4.84. The highest BCUT2D eigenvalue weighted by Gasteiger charge is 2.64. The summed E-state index contributed by atoms with van der Waals surface area (Å²) in [5, 5.41) is 1.64. The number of fused-ring (bicyclic) bond motifs is 6. The summed E-state index contributed by atoms with van der Waals surface area (Å²) >= 11 is 0. The molecule has 0 aromatic heterocycles. The van der Waals surface area contributed by atoms with Gasteiger partial charge >= 0.3 is 0 Å². The number of ether oxygens (including phenoxy) is 2. The molecule has 2 heterocycles. The van der Waals surface area contributed by atoms with E-state index in [0.717, 1.165) is 42.7 Å². The average Bonchev–Trinajstić information content (AvgIpc) is 3.56. The smallest absolute Gasteiger partial charge is 0.238 e. The first kappa shape index (κ1) is 23.5. The van der Waals surface area contributed by atoms with Gasteiger partial charge in [-0.25, -0.2) is 8.42 Å². The molecule has 184 valence electrons. The minimum atomic E-state index is -3.50. The van der Waals surface area contributed by atoms with Crippen molar-refractivity contribution in [2.75, 3.05) is 13.3 Å². The van der Waals surface area contributed by atoms with Crippen LogP contribution in [-0.2, 0) is 14.6 Å². The van der Waals surface area contributed by atoms with Gasteiger partial charge in [0.2, 0.25) is 12.7 Å². The van der Waals surface area contributed by atoms with Gasteiger partial charge in [-0.1, -0.05) is 50.6 Å². The minimum absolute atomic E-state index is 0.0527. The molecule has 2 bridgehead atoms. The zero-order chi connectivity index (χ0) is 23.9. The molecule has 4 aliphatic rings. The van der Waals surface area contributed by atoms with E-state index in [4.69, 9.17) is 9.47 Å². The van der Waals surface area contributed by atoms with Gasteiger partial charge < -0.3 is 14.8 Å². The summed E-state index contributed by atoms with van der Waals surface area (Å²) in [6.07, 6.45) is 12.9. The summed E-state index contributed by atoms with van der Waals surface area (Å²) in [4.78, 5) is 13.0. The molecule has 7 heteroatoms. The first-order valence-electron chi connectivity index (χ1n) is 12.6. The molecular weight excluding hydrogens is 450 g/mol. The lowest BCUT2D eigenvalue weighted by atomic mass is 9.78. The van der Waals surface area contributed by atoms with Crippen LogP contribution in [0.15, 0.2) is 36.4 Å². The van der Waals surface area contributed by atoms with Crippen LogP contribution in [0.5, 0.6) is 11.5 Å². The number of sulfone groups is 1. The zero-order valence-corrected chi connectivity index (χ0v) is 20.8. The predicted molar refractivity (Wildman–Crippen MR) is 132 cm³/mol. The fraction of sp³-hybridized carbons (Fsp3) is 0.593. The number of carbonyl (C=O) groups is 1. The molecule has 2 fully saturated rings. The Kier molecular flexibility index (Phi) is 6.49. The second-order valence-electron chi connectivity index (χ2n) is 10.6.